The Morgan fingerprint density at radius 3 is 1.62 bits per heavy atom. The molecule has 0 saturated carbocycles. The number of guanidine groups is 1. The van der Waals surface area contributed by atoms with Gasteiger partial charge in [-0.25, -0.2) is 0 Å². The fourth-order valence-corrected chi connectivity index (χ4v) is 2.43. The first-order valence-electron chi connectivity index (χ1n) is 11.9. The minimum absolute atomic E-state index is 0.0129. The van der Waals surface area contributed by atoms with Crippen LogP contribution in [0.2, 0.25) is 0 Å². The third-order valence-corrected chi connectivity index (χ3v) is 4.69. The monoisotopic (exact) mass is 537 g/mol. The summed E-state index contributed by atoms with van der Waals surface area (Å²) in [6, 6.07) is -2.49. The molecule has 1 aliphatic heterocycles. The van der Waals surface area contributed by atoms with E-state index >= 15 is 0 Å². The van der Waals surface area contributed by atoms with E-state index < -0.39 is 42.0 Å². The summed E-state index contributed by atoms with van der Waals surface area (Å²) in [5, 5.41) is 36.1. The van der Waals surface area contributed by atoms with Gasteiger partial charge in [0.05, 0.1) is 0 Å². The summed E-state index contributed by atoms with van der Waals surface area (Å²) >= 11 is 0. The molecule has 0 aromatic carbocycles. The number of hydrogen-bond donors (Lipinski definition) is 10. The number of aliphatic imine (C=N–C) groups is 1. The summed E-state index contributed by atoms with van der Waals surface area (Å²) in [5.41, 5.74) is 25.7. The predicted molar refractivity (Wildman–Crippen MR) is 140 cm³/mol. The Balaban J connectivity index is -0.000000423. The summed E-state index contributed by atoms with van der Waals surface area (Å²) in [6.45, 7) is 8.73. The number of carboxylic acid groups (broad SMARTS) is 4. The molecule has 0 spiro atoms. The van der Waals surface area contributed by atoms with E-state index in [9.17, 15) is 19.2 Å². The van der Waals surface area contributed by atoms with Gasteiger partial charge in [-0.2, -0.15) is 0 Å². The first-order chi connectivity index (χ1) is 16.9. The topological polar surface area (TPSA) is 304 Å². The molecule has 0 bridgehead atoms. The fourth-order valence-electron chi connectivity index (χ4n) is 2.43. The van der Waals surface area contributed by atoms with Gasteiger partial charge in [-0.3, -0.25) is 24.2 Å². The zero-order chi connectivity index (χ0) is 29.7. The van der Waals surface area contributed by atoms with Crippen LogP contribution in [0.25, 0.3) is 0 Å². The molecule has 37 heavy (non-hydrogen) atoms. The molecule has 15 heteroatoms. The molecule has 218 valence electrons. The fraction of sp³-hybridized carbons (Fsp3) is 0.773. The van der Waals surface area contributed by atoms with Gasteiger partial charge in [0.2, 0.25) is 0 Å². The van der Waals surface area contributed by atoms with Gasteiger partial charge >= 0.3 is 23.9 Å². The van der Waals surface area contributed by atoms with Gasteiger partial charge in [-0.05, 0) is 50.5 Å². The number of nitrogens with one attached hydrogen (secondary N) is 1. The van der Waals surface area contributed by atoms with Crippen LogP contribution in [0.5, 0.6) is 0 Å². The van der Waals surface area contributed by atoms with Gasteiger partial charge in [0.1, 0.15) is 24.2 Å². The molecular formula is C22H47N7O8. The van der Waals surface area contributed by atoms with Gasteiger partial charge in [0.15, 0.2) is 5.96 Å². The quantitative estimate of drug-likeness (QED) is 0.0838. The van der Waals surface area contributed by atoms with Crippen molar-refractivity contribution in [3.8, 4) is 0 Å². The standard InChI is InChI=1S/C6H14N4O2.C6H13NO2.C5H9NO2.C5H11NO2/c7-4(5(11)12)2-1-3-10-6(8)9;1-4(2)3-5(7)6(8)9;7-5(8)4-2-1-3-6-4;1-3(2)4(6)5(7)8/h4H,1-3,7H2,(H,11,12)(H4,8,9,10);4-5H,3,7H2,1-2H3,(H,8,9);4,6H,1-3H2,(H,7,8);3-4H,6H2,1-2H3,(H,7,8)/t4-;5-;2*4-/m0000/s1. The number of hydrogen-bond acceptors (Lipinski definition) is 9. The van der Waals surface area contributed by atoms with Crippen LogP contribution in [-0.4, -0.2) is 87.5 Å². The van der Waals surface area contributed by atoms with Crippen molar-refractivity contribution >= 4 is 29.8 Å². The summed E-state index contributed by atoms with van der Waals surface area (Å²) in [4.78, 5) is 44.2. The van der Waals surface area contributed by atoms with E-state index in [0.717, 1.165) is 19.4 Å². The number of carboxylic acids is 4. The molecule has 0 aromatic rings. The van der Waals surface area contributed by atoms with Crippen molar-refractivity contribution < 1.29 is 39.6 Å². The largest absolute Gasteiger partial charge is 0.480 e. The van der Waals surface area contributed by atoms with Gasteiger partial charge in [-0.15, -0.1) is 0 Å². The van der Waals surface area contributed by atoms with E-state index in [-0.39, 0.29) is 17.9 Å². The first-order valence-corrected chi connectivity index (χ1v) is 11.9. The highest BCUT2D eigenvalue weighted by atomic mass is 16.4. The minimum Gasteiger partial charge on any atom is -0.480 e. The molecule has 1 saturated heterocycles. The molecule has 4 atom stereocenters. The second-order valence-corrected chi connectivity index (χ2v) is 9.06. The highest BCUT2D eigenvalue weighted by Gasteiger charge is 2.20. The van der Waals surface area contributed by atoms with Crippen LogP contribution in [0.3, 0.4) is 0 Å². The van der Waals surface area contributed by atoms with Crippen molar-refractivity contribution in [2.45, 2.75) is 84.0 Å². The Bertz CT molecular complexity index is 683. The van der Waals surface area contributed by atoms with Crippen LogP contribution in [0.1, 0.15) is 59.8 Å². The van der Waals surface area contributed by atoms with Gasteiger partial charge in [-0.1, -0.05) is 27.7 Å². The lowest BCUT2D eigenvalue weighted by Gasteiger charge is -2.07. The van der Waals surface area contributed by atoms with E-state index in [1.807, 2.05) is 13.8 Å². The van der Waals surface area contributed by atoms with Crippen molar-refractivity contribution in [3.63, 3.8) is 0 Å². The Labute approximate surface area is 217 Å². The number of nitrogens with two attached hydrogens (primary N) is 5. The highest BCUT2D eigenvalue weighted by Crippen LogP contribution is 2.03. The summed E-state index contributed by atoms with van der Waals surface area (Å²) in [6.07, 6.45) is 3.29. The zero-order valence-electron chi connectivity index (χ0n) is 22.2. The van der Waals surface area contributed by atoms with Crippen LogP contribution in [-0.2, 0) is 19.2 Å². The van der Waals surface area contributed by atoms with E-state index in [1.165, 1.54) is 0 Å². The Hall–Kier alpha value is -3.01. The highest BCUT2D eigenvalue weighted by molar-refractivity contribution is 5.76. The lowest BCUT2D eigenvalue weighted by atomic mass is 10.1. The third-order valence-electron chi connectivity index (χ3n) is 4.69. The molecule has 1 heterocycles. The molecular weight excluding hydrogens is 490 g/mol. The van der Waals surface area contributed by atoms with Crippen molar-refractivity contribution in [2.75, 3.05) is 13.1 Å². The molecule has 0 radical (unpaired) electrons. The van der Waals surface area contributed by atoms with Crippen LogP contribution < -0.4 is 34.0 Å². The van der Waals surface area contributed by atoms with E-state index in [4.69, 9.17) is 49.1 Å². The summed E-state index contributed by atoms with van der Waals surface area (Å²) < 4.78 is 0. The van der Waals surface area contributed by atoms with Gasteiger partial charge in [0, 0.05) is 6.54 Å². The summed E-state index contributed by atoms with van der Waals surface area (Å²) in [7, 11) is 0. The van der Waals surface area contributed by atoms with Crippen LogP contribution in [0, 0.1) is 11.8 Å². The Kier molecular flexibility index (Phi) is 23.1. The molecule has 0 amide bonds. The van der Waals surface area contributed by atoms with Crippen LogP contribution in [0.15, 0.2) is 4.99 Å². The minimum atomic E-state index is -1.00. The second-order valence-electron chi connectivity index (χ2n) is 9.06. The lowest BCUT2D eigenvalue weighted by Crippen LogP contribution is -2.34. The summed E-state index contributed by atoms with van der Waals surface area (Å²) in [5.74, 6) is -3.17. The maximum atomic E-state index is 10.2. The van der Waals surface area contributed by atoms with Crippen molar-refractivity contribution in [1.29, 1.82) is 0 Å². The van der Waals surface area contributed by atoms with E-state index in [0.29, 0.717) is 31.7 Å². The molecule has 1 aliphatic rings. The average Bonchev–Trinajstić information content (AvgIpc) is 3.32. The lowest BCUT2D eigenvalue weighted by molar-refractivity contribution is -0.140. The predicted octanol–water partition coefficient (Wildman–Crippen LogP) is -1.23. The molecule has 1 fully saturated rings. The van der Waals surface area contributed by atoms with Crippen molar-refractivity contribution in [3.05, 3.63) is 0 Å². The van der Waals surface area contributed by atoms with Crippen LogP contribution >= 0.6 is 0 Å². The average molecular weight is 538 g/mol. The van der Waals surface area contributed by atoms with E-state index in [1.54, 1.807) is 13.8 Å². The molecule has 0 aromatic heterocycles. The third kappa shape index (κ3) is 25.9. The first kappa shape index (κ1) is 38.5. The molecule has 0 aliphatic carbocycles. The number of rotatable bonds is 11. The molecule has 1 rings (SSSR count). The number of aliphatic carboxylic acids is 4. The van der Waals surface area contributed by atoms with Gasteiger partial charge < -0.3 is 54.4 Å². The molecule has 15 nitrogen and oxygen atoms in total. The normalized spacial score (nSPS) is 16.4. The SMILES string of the molecule is CC(C)C[C@H](N)C(=O)O.CC(C)[C@H](N)C(=O)O.NC(N)=NCCC[C@H](N)C(=O)O.O=C(O)[C@@H]1CCCN1. The van der Waals surface area contributed by atoms with Crippen molar-refractivity contribution in [1.82, 2.24) is 5.32 Å². The Morgan fingerprint density at radius 2 is 1.41 bits per heavy atom. The van der Waals surface area contributed by atoms with Gasteiger partial charge in [0.25, 0.3) is 0 Å². The number of nitrogens with zero attached hydrogens (tertiary/aromatic N) is 1. The maximum Gasteiger partial charge on any atom is 0.320 e. The second kappa shape index (κ2) is 22.2. The Morgan fingerprint density at radius 1 is 0.892 bits per heavy atom. The molecule has 0 unspecified atom stereocenters. The van der Waals surface area contributed by atoms with Crippen LogP contribution in [0.4, 0.5) is 0 Å². The zero-order valence-corrected chi connectivity index (χ0v) is 22.2. The maximum absolute atomic E-state index is 10.2. The number of carbonyl (C=O) groups is 4. The smallest absolute Gasteiger partial charge is 0.320 e. The van der Waals surface area contributed by atoms with Crippen molar-refractivity contribution in [2.24, 2.45) is 45.5 Å². The molecule has 15 N–H and O–H groups in total. The van der Waals surface area contributed by atoms with E-state index in [2.05, 4.69) is 10.3 Å².